The third kappa shape index (κ3) is 9.13. The Labute approximate surface area is 234 Å². The van der Waals surface area contributed by atoms with Crippen LogP contribution in [0, 0.1) is 5.82 Å². The second kappa shape index (κ2) is 14.7. The number of anilines is 1. The number of unbranched alkanes of at least 4 members (excludes halogenated alkanes) is 2. The van der Waals surface area contributed by atoms with Crippen LogP contribution >= 0.6 is 11.6 Å². The summed E-state index contributed by atoms with van der Waals surface area (Å²) in [5.41, 5.74) is 7.92. The Bertz CT molecular complexity index is 1200. The van der Waals surface area contributed by atoms with E-state index in [-0.39, 0.29) is 17.8 Å². The molecule has 1 aliphatic heterocycles. The average Bonchev–Trinajstić information content (AvgIpc) is 2.94. The summed E-state index contributed by atoms with van der Waals surface area (Å²) in [4.78, 5) is 15.4. The molecule has 39 heavy (non-hydrogen) atoms. The van der Waals surface area contributed by atoms with Gasteiger partial charge in [0.2, 0.25) is 0 Å². The molecule has 9 heteroatoms. The van der Waals surface area contributed by atoms with Gasteiger partial charge < -0.3 is 25.3 Å². The predicted octanol–water partition coefficient (Wildman–Crippen LogP) is 5.32. The molecule has 7 nitrogen and oxygen atoms in total. The third-order valence-corrected chi connectivity index (χ3v) is 6.76. The Morgan fingerprint density at radius 3 is 2.56 bits per heavy atom. The molecule has 3 aromatic carbocycles. The Morgan fingerprint density at radius 2 is 1.79 bits per heavy atom. The Morgan fingerprint density at radius 1 is 1.05 bits per heavy atom. The van der Waals surface area contributed by atoms with E-state index in [9.17, 15) is 9.18 Å². The summed E-state index contributed by atoms with van der Waals surface area (Å²) in [7, 11) is 0. The first kappa shape index (κ1) is 28.7. The first-order chi connectivity index (χ1) is 19.0. The number of carbonyl (C=O) groups excluding carboxylic acids is 1. The quantitative estimate of drug-likeness (QED) is 0.219. The van der Waals surface area contributed by atoms with Gasteiger partial charge in [0.1, 0.15) is 17.3 Å². The van der Waals surface area contributed by atoms with Gasteiger partial charge in [-0.05, 0) is 55.2 Å². The number of halogens is 2. The summed E-state index contributed by atoms with van der Waals surface area (Å²) < 4.78 is 30.4. The summed E-state index contributed by atoms with van der Waals surface area (Å²) in [6.45, 7) is 4.36. The van der Waals surface area contributed by atoms with Crippen LogP contribution < -0.4 is 20.5 Å². The molecule has 1 heterocycles. The largest absolute Gasteiger partial charge is 0.494 e. The van der Waals surface area contributed by atoms with Gasteiger partial charge in [-0.25, -0.2) is 4.39 Å². The number of amides is 1. The molecule has 1 fully saturated rings. The van der Waals surface area contributed by atoms with Crippen molar-refractivity contribution in [3.8, 4) is 11.5 Å². The molecule has 1 atom stereocenters. The van der Waals surface area contributed by atoms with Gasteiger partial charge >= 0.3 is 0 Å². The van der Waals surface area contributed by atoms with Gasteiger partial charge in [-0.15, -0.1) is 0 Å². The second-order valence-electron chi connectivity index (χ2n) is 9.50. The molecule has 1 unspecified atom stereocenters. The van der Waals surface area contributed by atoms with Crippen LogP contribution in [-0.4, -0.2) is 56.4 Å². The van der Waals surface area contributed by atoms with Crippen LogP contribution in [0.5, 0.6) is 11.5 Å². The van der Waals surface area contributed by atoms with E-state index in [1.807, 2.05) is 18.2 Å². The lowest BCUT2D eigenvalue weighted by Gasteiger charge is -2.33. The summed E-state index contributed by atoms with van der Waals surface area (Å²) in [6, 6.07) is 19.4. The summed E-state index contributed by atoms with van der Waals surface area (Å²) >= 11 is 6.23. The van der Waals surface area contributed by atoms with Crippen molar-refractivity contribution in [1.29, 1.82) is 0 Å². The molecule has 3 aromatic rings. The second-order valence-corrected chi connectivity index (χ2v) is 9.91. The zero-order valence-corrected chi connectivity index (χ0v) is 22.7. The SMILES string of the molecule is Nc1cc(OCCCCCOc2ccc(F)cc2)c(C(=O)NCC2CN(Cc3ccccc3)CCO2)cc1Cl. The lowest BCUT2D eigenvalue weighted by Crippen LogP contribution is -2.47. The summed E-state index contributed by atoms with van der Waals surface area (Å²) in [5.74, 6) is 0.460. The molecule has 1 saturated heterocycles. The number of hydrogen-bond donors (Lipinski definition) is 2. The highest BCUT2D eigenvalue weighted by Crippen LogP contribution is 2.29. The Balaban J connectivity index is 1.22. The number of carbonyl (C=O) groups is 1. The number of nitrogens with zero attached hydrogens (tertiary/aromatic N) is 1. The number of benzene rings is 3. The van der Waals surface area contributed by atoms with Crippen molar-refractivity contribution in [2.75, 3.05) is 45.2 Å². The van der Waals surface area contributed by atoms with Gasteiger partial charge in [0.25, 0.3) is 5.91 Å². The maximum absolute atomic E-state index is 13.1. The van der Waals surface area contributed by atoms with Crippen molar-refractivity contribution >= 4 is 23.2 Å². The lowest BCUT2D eigenvalue weighted by atomic mass is 10.1. The first-order valence-corrected chi connectivity index (χ1v) is 13.6. The number of nitrogen functional groups attached to an aromatic ring is 1. The molecule has 4 rings (SSSR count). The van der Waals surface area contributed by atoms with Crippen LogP contribution in [0.4, 0.5) is 10.1 Å². The van der Waals surface area contributed by atoms with Crippen molar-refractivity contribution in [2.45, 2.75) is 31.9 Å². The van der Waals surface area contributed by atoms with E-state index < -0.39 is 0 Å². The number of morpholine rings is 1. The monoisotopic (exact) mass is 555 g/mol. The predicted molar refractivity (Wildman–Crippen MR) is 151 cm³/mol. The molecular weight excluding hydrogens is 521 g/mol. The maximum atomic E-state index is 13.1. The van der Waals surface area contributed by atoms with Gasteiger partial charge in [-0.1, -0.05) is 41.9 Å². The Hall–Kier alpha value is -3.33. The minimum Gasteiger partial charge on any atom is -0.494 e. The topological polar surface area (TPSA) is 86.0 Å². The molecule has 0 aromatic heterocycles. The molecule has 0 saturated carbocycles. The van der Waals surface area contributed by atoms with Gasteiger partial charge in [-0.2, -0.15) is 0 Å². The normalized spacial score (nSPS) is 15.6. The van der Waals surface area contributed by atoms with Gasteiger partial charge in [-0.3, -0.25) is 9.69 Å². The first-order valence-electron chi connectivity index (χ1n) is 13.2. The van der Waals surface area contributed by atoms with E-state index in [0.29, 0.717) is 54.1 Å². The fraction of sp³-hybridized carbons (Fsp3) is 0.367. The average molecular weight is 556 g/mol. The van der Waals surface area contributed by atoms with Crippen LogP contribution in [0.1, 0.15) is 35.2 Å². The molecular formula is C30H35ClFN3O4. The van der Waals surface area contributed by atoms with Gasteiger partial charge in [0.15, 0.2) is 0 Å². The molecule has 3 N–H and O–H groups in total. The van der Waals surface area contributed by atoms with E-state index in [0.717, 1.165) is 38.9 Å². The van der Waals surface area contributed by atoms with Crippen LogP contribution in [0.25, 0.3) is 0 Å². The number of hydrogen-bond acceptors (Lipinski definition) is 6. The lowest BCUT2D eigenvalue weighted by molar-refractivity contribution is -0.0292. The van der Waals surface area contributed by atoms with Gasteiger partial charge in [0, 0.05) is 32.2 Å². The molecule has 0 aliphatic carbocycles. The highest BCUT2D eigenvalue weighted by molar-refractivity contribution is 6.33. The van der Waals surface area contributed by atoms with Crippen LogP contribution in [-0.2, 0) is 11.3 Å². The van der Waals surface area contributed by atoms with Crippen LogP contribution in [0.3, 0.4) is 0 Å². The molecule has 1 amide bonds. The number of nitrogens with one attached hydrogen (secondary N) is 1. The molecule has 0 radical (unpaired) electrons. The molecule has 0 bridgehead atoms. The van der Waals surface area contributed by atoms with E-state index in [2.05, 4.69) is 22.3 Å². The highest BCUT2D eigenvalue weighted by atomic mass is 35.5. The maximum Gasteiger partial charge on any atom is 0.255 e. The van der Waals surface area contributed by atoms with Crippen LogP contribution in [0.15, 0.2) is 66.7 Å². The summed E-state index contributed by atoms with van der Waals surface area (Å²) in [6.07, 6.45) is 2.34. The molecule has 1 aliphatic rings. The molecule has 208 valence electrons. The fourth-order valence-electron chi connectivity index (χ4n) is 4.34. The smallest absolute Gasteiger partial charge is 0.255 e. The number of nitrogens with two attached hydrogens (primary N) is 1. The fourth-order valence-corrected chi connectivity index (χ4v) is 4.50. The zero-order chi connectivity index (χ0) is 27.5. The van der Waals surface area contributed by atoms with Crippen molar-refractivity contribution in [1.82, 2.24) is 10.2 Å². The van der Waals surface area contributed by atoms with Crippen molar-refractivity contribution in [2.24, 2.45) is 0 Å². The summed E-state index contributed by atoms with van der Waals surface area (Å²) in [5, 5.41) is 3.27. The van der Waals surface area contributed by atoms with Crippen molar-refractivity contribution in [3.05, 3.63) is 88.7 Å². The Kier molecular flexibility index (Phi) is 10.8. The van der Waals surface area contributed by atoms with Crippen molar-refractivity contribution in [3.63, 3.8) is 0 Å². The van der Waals surface area contributed by atoms with Crippen LogP contribution in [0.2, 0.25) is 5.02 Å². The van der Waals surface area contributed by atoms with Gasteiger partial charge in [0.05, 0.1) is 42.2 Å². The van der Waals surface area contributed by atoms with E-state index >= 15 is 0 Å². The van der Waals surface area contributed by atoms with Crippen molar-refractivity contribution < 1.29 is 23.4 Å². The standard InChI is InChI=1S/C30H35ClFN3O4/c31-27-17-26(30(36)34-19-25-21-35(13-16-38-25)20-22-7-3-1-4-8-22)29(18-28(27)33)39-15-6-2-5-14-37-24-11-9-23(32)10-12-24/h1,3-4,7-12,17-18,25H,2,5-6,13-16,19-21,33H2,(H,34,36). The van der Waals surface area contributed by atoms with E-state index in [4.69, 9.17) is 31.5 Å². The minimum atomic E-state index is -0.289. The highest BCUT2D eigenvalue weighted by Gasteiger charge is 2.22. The zero-order valence-electron chi connectivity index (χ0n) is 21.9. The van der Waals surface area contributed by atoms with E-state index in [1.54, 1.807) is 24.3 Å². The number of ether oxygens (including phenoxy) is 3. The van der Waals surface area contributed by atoms with E-state index in [1.165, 1.54) is 17.7 Å². The minimum absolute atomic E-state index is 0.114. The molecule has 0 spiro atoms. The number of rotatable bonds is 13. The third-order valence-electron chi connectivity index (χ3n) is 6.43.